The van der Waals surface area contributed by atoms with Crippen molar-refractivity contribution in [3.05, 3.63) is 42.5 Å². The van der Waals surface area contributed by atoms with Crippen molar-refractivity contribution in [3.63, 3.8) is 0 Å². The lowest BCUT2D eigenvalue weighted by Crippen LogP contribution is -2.28. The van der Waals surface area contributed by atoms with Crippen molar-refractivity contribution < 1.29 is 19.4 Å². The van der Waals surface area contributed by atoms with Crippen molar-refractivity contribution in [1.82, 2.24) is 5.32 Å². The van der Waals surface area contributed by atoms with E-state index in [9.17, 15) is 9.90 Å². The van der Waals surface area contributed by atoms with Gasteiger partial charge in [0.05, 0.1) is 12.3 Å². The number of carbonyl (C=O) groups is 1. The summed E-state index contributed by atoms with van der Waals surface area (Å²) in [5.41, 5.74) is 0.288. The normalized spacial score (nSPS) is 10.8. The molecule has 3 N–H and O–H groups in total. The Kier molecular flexibility index (Phi) is 15.8. The maximum absolute atomic E-state index is 11.7. The maximum atomic E-state index is 11.7. The molecule has 0 fully saturated rings. The molecular formula is C31H48N2O4. The van der Waals surface area contributed by atoms with E-state index in [1.54, 1.807) is 12.1 Å². The number of unbranched alkanes of at least 4 members (excludes halogenated alkanes) is 13. The third-order valence-electron chi connectivity index (χ3n) is 6.38. The molecule has 6 nitrogen and oxygen atoms in total. The van der Waals surface area contributed by atoms with Crippen molar-refractivity contribution in [2.24, 2.45) is 0 Å². The number of anilines is 1. The van der Waals surface area contributed by atoms with Crippen LogP contribution in [-0.2, 0) is 0 Å². The molecule has 0 bridgehead atoms. The van der Waals surface area contributed by atoms with Crippen molar-refractivity contribution in [1.29, 1.82) is 0 Å². The smallest absolute Gasteiger partial charge is 0.319 e. The largest absolute Gasteiger partial charge is 0.506 e. The lowest BCUT2D eigenvalue weighted by atomic mass is 10.0. The molecule has 2 aromatic rings. The van der Waals surface area contributed by atoms with Crippen LogP contribution in [-0.4, -0.2) is 24.3 Å². The first kappa shape index (κ1) is 30.3. The Bertz CT molecular complexity index is 870. The van der Waals surface area contributed by atoms with Gasteiger partial charge in [-0.2, -0.15) is 0 Å². The Morgan fingerprint density at radius 2 is 1.22 bits per heavy atom. The summed E-state index contributed by atoms with van der Waals surface area (Å²) in [6, 6.07) is 11.8. The summed E-state index contributed by atoms with van der Waals surface area (Å²) in [6.07, 6.45) is 18.9. The molecule has 0 saturated heterocycles. The van der Waals surface area contributed by atoms with E-state index in [0.29, 0.717) is 18.0 Å². The molecule has 0 saturated carbocycles. The molecule has 0 heterocycles. The van der Waals surface area contributed by atoms with Crippen LogP contribution < -0.4 is 20.1 Å². The fourth-order valence-corrected chi connectivity index (χ4v) is 4.23. The molecular weight excluding hydrogens is 464 g/mol. The molecule has 37 heavy (non-hydrogen) atoms. The number of nitrogens with one attached hydrogen (secondary N) is 2. The van der Waals surface area contributed by atoms with E-state index in [1.165, 1.54) is 89.5 Å². The fraction of sp³-hybridized carbons (Fsp3) is 0.581. The average Bonchev–Trinajstić information content (AvgIpc) is 2.89. The summed E-state index contributed by atoms with van der Waals surface area (Å²) in [6.45, 7) is 5.32. The number of carbonyl (C=O) groups excluding carboxylic acids is 1. The maximum Gasteiger partial charge on any atom is 0.319 e. The topological polar surface area (TPSA) is 79.8 Å². The predicted molar refractivity (Wildman–Crippen MR) is 153 cm³/mol. The summed E-state index contributed by atoms with van der Waals surface area (Å²) in [4.78, 5) is 11.7. The van der Waals surface area contributed by atoms with E-state index in [1.807, 2.05) is 31.2 Å². The molecule has 206 valence electrons. The van der Waals surface area contributed by atoms with Crippen LogP contribution >= 0.6 is 0 Å². The number of benzene rings is 2. The standard InChI is InChI=1S/C31H48N2O4/c1-3-5-6-7-8-9-10-11-12-13-14-15-16-17-24-36-26-18-20-27(21-19-26)37-28-22-23-30(34)29(25-28)33-31(35)32-4-2/h18-23,25,34H,3-17,24H2,1-2H3,(H2,32,33,35). The molecule has 0 atom stereocenters. The van der Waals surface area contributed by atoms with E-state index >= 15 is 0 Å². The van der Waals surface area contributed by atoms with Gasteiger partial charge in [-0.05, 0) is 49.7 Å². The van der Waals surface area contributed by atoms with Crippen LogP contribution in [0.4, 0.5) is 10.5 Å². The second-order valence-corrected chi connectivity index (χ2v) is 9.68. The number of amides is 2. The van der Waals surface area contributed by atoms with Gasteiger partial charge in [0, 0.05) is 12.6 Å². The highest BCUT2D eigenvalue weighted by Gasteiger charge is 2.08. The Morgan fingerprint density at radius 3 is 1.78 bits per heavy atom. The fourth-order valence-electron chi connectivity index (χ4n) is 4.23. The van der Waals surface area contributed by atoms with Gasteiger partial charge in [0.25, 0.3) is 0 Å². The zero-order chi connectivity index (χ0) is 26.6. The van der Waals surface area contributed by atoms with Crippen LogP contribution in [0.1, 0.15) is 104 Å². The summed E-state index contributed by atoms with van der Waals surface area (Å²) in [5, 5.41) is 15.2. The summed E-state index contributed by atoms with van der Waals surface area (Å²) in [7, 11) is 0. The molecule has 6 heteroatoms. The van der Waals surface area contributed by atoms with Gasteiger partial charge in [0.1, 0.15) is 23.0 Å². The van der Waals surface area contributed by atoms with Gasteiger partial charge in [-0.3, -0.25) is 0 Å². The highest BCUT2D eigenvalue weighted by atomic mass is 16.5. The SMILES string of the molecule is CCCCCCCCCCCCCCCCOc1ccc(Oc2ccc(O)c(NC(=O)NCC)c2)cc1. The zero-order valence-corrected chi connectivity index (χ0v) is 23.0. The van der Waals surface area contributed by atoms with Crippen molar-refractivity contribution >= 4 is 11.7 Å². The van der Waals surface area contributed by atoms with E-state index < -0.39 is 0 Å². The van der Waals surface area contributed by atoms with Crippen molar-refractivity contribution in [3.8, 4) is 23.0 Å². The first-order valence-corrected chi connectivity index (χ1v) is 14.4. The third kappa shape index (κ3) is 13.8. The number of ether oxygens (including phenoxy) is 2. The minimum absolute atomic E-state index is 0.0224. The van der Waals surface area contributed by atoms with Gasteiger partial charge < -0.3 is 25.2 Å². The molecule has 0 aliphatic heterocycles. The number of phenols is 1. The Labute approximate surface area is 224 Å². The second kappa shape index (κ2) is 19.3. The molecule has 2 aromatic carbocycles. The van der Waals surface area contributed by atoms with Gasteiger partial charge in [-0.1, -0.05) is 90.4 Å². The molecule has 0 unspecified atom stereocenters. The number of phenolic OH excluding ortho intramolecular Hbond substituents is 1. The number of urea groups is 1. The Hall–Kier alpha value is -2.89. The van der Waals surface area contributed by atoms with Gasteiger partial charge in [-0.15, -0.1) is 0 Å². The first-order valence-electron chi connectivity index (χ1n) is 14.4. The van der Waals surface area contributed by atoms with Crippen molar-refractivity contribution in [2.75, 3.05) is 18.5 Å². The summed E-state index contributed by atoms with van der Waals surface area (Å²) in [5.74, 6) is 1.97. The Balaban J connectivity index is 1.54. The van der Waals surface area contributed by atoms with Crippen LogP contribution in [0, 0.1) is 0 Å². The van der Waals surface area contributed by atoms with Crippen LogP contribution in [0.3, 0.4) is 0 Å². The van der Waals surface area contributed by atoms with E-state index in [2.05, 4.69) is 17.6 Å². The molecule has 0 radical (unpaired) electrons. The lowest BCUT2D eigenvalue weighted by Gasteiger charge is -2.11. The molecule has 0 aliphatic rings. The monoisotopic (exact) mass is 512 g/mol. The lowest BCUT2D eigenvalue weighted by molar-refractivity contribution is 0.252. The van der Waals surface area contributed by atoms with Crippen LogP contribution in [0.5, 0.6) is 23.0 Å². The minimum atomic E-state index is -0.379. The minimum Gasteiger partial charge on any atom is -0.506 e. The summed E-state index contributed by atoms with van der Waals surface area (Å²) < 4.78 is 11.7. The summed E-state index contributed by atoms with van der Waals surface area (Å²) >= 11 is 0. The zero-order valence-electron chi connectivity index (χ0n) is 23.0. The van der Waals surface area contributed by atoms with Gasteiger partial charge in [-0.25, -0.2) is 4.79 Å². The van der Waals surface area contributed by atoms with E-state index in [4.69, 9.17) is 9.47 Å². The van der Waals surface area contributed by atoms with E-state index in [-0.39, 0.29) is 17.5 Å². The highest BCUT2D eigenvalue weighted by Crippen LogP contribution is 2.31. The third-order valence-corrected chi connectivity index (χ3v) is 6.38. The molecule has 0 spiro atoms. The first-order chi connectivity index (χ1) is 18.1. The molecule has 0 aliphatic carbocycles. The molecule has 0 aromatic heterocycles. The average molecular weight is 513 g/mol. The second-order valence-electron chi connectivity index (χ2n) is 9.68. The van der Waals surface area contributed by atoms with Gasteiger partial charge in [0.2, 0.25) is 0 Å². The van der Waals surface area contributed by atoms with Gasteiger partial charge >= 0.3 is 6.03 Å². The number of rotatable bonds is 20. The van der Waals surface area contributed by atoms with E-state index in [0.717, 1.165) is 18.8 Å². The molecule has 2 rings (SSSR count). The molecule has 2 amide bonds. The highest BCUT2D eigenvalue weighted by molar-refractivity contribution is 5.91. The van der Waals surface area contributed by atoms with Crippen LogP contribution in [0.2, 0.25) is 0 Å². The predicted octanol–water partition coefficient (Wildman–Crippen LogP) is 9.19. The number of aromatic hydroxyl groups is 1. The van der Waals surface area contributed by atoms with Crippen LogP contribution in [0.15, 0.2) is 42.5 Å². The van der Waals surface area contributed by atoms with Crippen LogP contribution in [0.25, 0.3) is 0 Å². The Morgan fingerprint density at radius 1 is 0.703 bits per heavy atom. The van der Waals surface area contributed by atoms with Crippen molar-refractivity contribution in [2.45, 2.75) is 104 Å². The number of hydrogen-bond acceptors (Lipinski definition) is 4. The number of hydrogen-bond donors (Lipinski definition) is 3. The quantitative estimate of drug-likeness (QED) is 0.122. The van der Waals surface area contributed by atoms with Gasteiger partial charge in [0.15, 0.2) is 0 Å².